The Bertz CT molecular complexity index is 844. The van der Waals surface area contributed by atoms with Crippen molar-refractivity contribution < 1.29 is 19.4 Å². The third kappa shape index (κ3) is 5.17. The molecule has 4 nitrogen and oxygen atoms in total. The number of Topliss-reactive ketones (excluding diaryl/α,β-unsaturated/α-hetero) is 1. The summed E-state index contributed by atoms with van der Waals surface area (Å²) in [7, 11) is 0. The zero-order chi connectivity index (χ0) is 21.8. The van der Waals surface area contributed by atoms with E-state index in [0.717, 1.165) is 25.7 Å². The molecule has 2 aliphatic rings. The largest absolute Gasteiger partial charge is 0.507 e. The van der Waals surface area contributed by atoms with E-state index in [2.05, 4.69) is 45.9 Å². The van der Waals surface area contributed by atoms with Gasteiger partial charge in [0.25, 0.3) is 0 Å². The Hall–Kier alpha value is -2.36. The minimum atomic E-state index is -0.838. The fourth-order valence-electron chi connectivity index (χ4n) is 3.86. The predicted octanol–water partition coefficient (Wildman–Crippen LogP) is 6.07. The lowest BCUT2D eigenvalue weighted by molar-refractivity contribution is -0.136. The fourth-order valence-corrected chi connectivity index (χ4v) is 3.86. The van der Waals surface area contributed by atoms with Crippen molar-refractivity contribution >= 4 is 11.8 Å². The second-order valence-corrected chi connectivity index (χ2v) is 8.73. The van der Waals surface area contributed by atoms with E-state index in [1.54, 1.807) is 6.92 Å². The van der Waals surface area contributed by atoms with Crippen LogP contribution in [0.3, 0.4) is 0 Å². The van der Waals surface area contributed by atoms with Crippen LogP contribution in [0.2, 0.25) is 0 Å². The van der Waals surface area contributed by atoms with Gasteiger partial charge in [-0.1, -0.05) is 34.9 Å². The first-order chi connectivity index (χ1) is 13.6. The summed E-state index contributed by atoms with van der Waals surface area (Å²) in [4.78, 5) is 24.9. The number of aliphatic hydroxyl groups excluding tert-OH is 1. The van der Waals surface area contributed by atoms with Gasteiger partial charge in [0.1, 0.15) is 17.9 Å². The third-order valence-corrected chi connectivity index (χ3v) is 5.93. The zero-order valence-electron chi connectivity index (χ0n) is 18.6. The molecule has 1 aliphatic carbocycles. The molecule has 0 fully saturated rings. The van der Waals surface area contributed by atoms with Crippen LogP contribution in [-0.2, 0) is 14.3 Å². The van der Waals surface area contributed by atoms with E-state index in [-0.39, 0.29) is 29.3 Å². The molecule has 1 heterocycles. The number of aliphatic hydroxyl groups is 1. The molecule has 2 rings (SSSR count). The summed E-state index contributed by atoms with van der Waals surface area (Å²) in [5.41, 5.74) is 4.17. The Labute approximate surface area is 174 Å². The quantitative estimate of drug-likeness (QED) is 0.398. The lowest BCUT2D eigenvalue weighted by atomic mass is 9.68. The van der Waals surface area contributed by atoms with Gasteiger partial charge in [-0.05, 0) is 79.2 Å². The van der Waals surface area contributed by atoms with E-state index in [4.69, 9.17) is 4.74 Å². The summed E-state index contributed by atoms with van der Waals surface area (Å²) in [6.07, 6.45) is 11.2. The van der Waals surface area contributed by atoms with E-state index >= 15 is 0 Å². The van der Waals surface area contributed by atoms with Crippen LogP contribution in [0.4, 0.5) is 0 Å². The van der Waals surface area contributed by atoms with Crippen molar-refractivity contribution in [2.45, 2.75) is 73.6 Å². The molecule has 0 radical (unpaired) electrons. The fraction of sp³-hybridized carbons (Fsp3) is 0.520. The molecule has 0 unspecified atom stereocenters. The smallest absolute Gasteiger partial charge is 0.342 e. The minimum Gasteiger partial charge on any atom is -0.507 e. The number of rotatable bonds is 8. The van der Waals surface area contributed by atoms with Crippen LogP contribution in [0.25, 0.3) is 0 Å². The number of hydrogen-bond donors (Lipinski definition) is 1. The van der Waals surface area contributed by atoms with E-state index < -0.39 is 11.4 Å². The van der Waals surface area contributed by atoms with Gasteiger partial charge in [-0.15, -0.1) is 0 Å². The number of esters is 1. The van der Waals surface area contributed by atoms with E-state index in [9.17, 15) is 14.7 Å². The van der Waals surface area contributed by atoms with Crippen molar-refractivity contribution in [2.24, 2.45) is 5.41 Å². The maximum Gasteiger partial charge on any atom is 0.342 e. The highest BCUT2D eigenvalue weighted by atomic mass is 16.5. The molecule has 0 bridgehead atoms. The number of carbonyl (C=O) groups is 2. The van der Waals surface area contributed by atoms with Crippen molar-refractivity contribution in [1.82, 2.24) is 0 Å². The van der Waals surface area contributed by atoms with Crippen LogP contribution in [0.15, 0.2) is 57.4 Å². The van der Waals surface area contributed by atoms with Gasteiger partial charge < -0.3 is 9.84 Å². The second kappa shape index (κ2) is 9.43. The minimum absolute atomic E-state index is 0.0776. The summed E-state index contributed by atoms with van der Waals surface area (Å²) in [5.74, 6) is -0.893. The van der Waals surface area contributed by atoms with Crippen molar-refractivity contribution in [3.63, 3.8) is 0 Å². The SMILES string of the molecule is CC(C)=CCC/C(C)=C/CC/C(C)=C/C[C@@]1(C)C(=O)C(C)=C(O)C2=C1COC2=O. The molecule has 0 saturated carbocycles. The van der Waals surface area contributed by atoms with Crippen molar-refractivity contribution in [2.75, 3.05) is 6.61 Å². The molecular formula is C25H34O4. The van der Waals surface area contributed by atoms with E-state index in [1.165, 1.54) is 16.7 Å². The highest BCUT2D eigenvalue weighted by molar-refractivity contribution is 6.10. The third-order valence-electron chi connectivity index (χ3n) is 5.93. The topological polar surface area (TPSA) is 63.6 Å². The predicted molar refractivity (Wildman–Crippen MR) is 116 cm³/mol. The van der Waals surface area contributed by atoms with Crippen LogP contribution >= 0.6 is 0 Å². The van der Waals surface area contributed by atoms with Gasteiger partial charge in [0.15, 0.2) is 5.78 Å². The Morgan fingerprint density at radius 1 is 1.03 bits per heavy atom. The second-order valence-electron chi connectivity index (χ2n) is 8.73. The Morgan fingerprint density at radius 2 is 1.62 bits per heavy atom. The van der Waals surface area contributed by atoms with Crippen LogP contribution < -0.4 is 0 Å². The summed E-state index contributed by atoms with van der Waals surface area (Å²) in [6, 6.07) is 0. The van der Waals surface area contributed by atoms with Gasteiger partial charge in [-0.3, -0.25) is 4.79 Å². The summed E-state index contributed by atoms with van der Waals surface area (Å²) < 4.78 is 5.12. The average Bonchev–Trinajstić information content (AvgIpc) is 3.05. The van der Waals surface area contributed by atoms with Gasteiger partial charge >= 0.3 is 5.97 Å². The molecule has 0 amide bonds. The van der Waals surface area contributed by atoms with Crippen molar-refractivity contribution in [1.29, 1.82) is 0 Å². The number of carbonyl (C=O) groups excluding carboxylic acids is 2. The summed E-state index contributed by atoms with van der Waals surface area (Å²) in [5, 5.41) is 10.2. The molecular weight excluding hydrogens is 364 g/mol. The molecule has 4 heteroatoms. The molecule has 0 aromatic carbocycles. The van der Waals surface area contributed by atoms with Gasteiger partial charge in [-0.2, -0.15) is 0 Å². The average molecular weight is 399 g/mol. The number of allylic oxidation sites excluding steroid dienone is 7. The molecule has 1 atom stereocenters. The van der Waals surface area contributed by atoms with E-state index in [0.29, 0.717) is 12.0 Å². The standard InChI is InChI=1S/C25H34O4/c1-16(2)9-7-10-17(3)11-8-12-18(4)13-14-25(6)20-15-29-24(28)21(20)22(26)19(5)23(25)27/h9,11,13,26H,7-8,10,12,14-15H2,1-6H3/b17-11+,18-13+/t25-/m1/s1. The molecule has 1 aliphatic heterocycles. The number of ether oxygens (including phenoxy) is 1. The Balaban J connectivity index is 2.03. The highest BCUT2D eigenvalue weighted by Gasteiger charge is 2.48. The first kappa shape index (κ1) is 22.9. The number of cyclic esters (lactones) is 1. The van der Waals surface area contributed by atoms with Crippen LogP contribution in [-0.4, -0.2) is 23.5 Å². The first-order valence-corrected chi connectivity index (χ1v) is 10.4. The Kier molecular flexibility index (Phi) is 7.45. The van der Waals surface area contributed by atoms with E-state index in [1.807, 2.05) is 6.92 Å². The molecule has 0 spiro atoms. The van der Waals surface area contributed by atoms with Crippen LogP contribution in [0.1, 0.15) is 73.6 Å². The maximum atomic E-state index is 12.9. The first-order valence-electron chi connectivity index (χ1n) is 10.4. The summed E-state index contributed by atoms with van der Waals surface area (Å²) >= 11 is 0. The van der Waals surface area contributed by atoms with Crippen LogP contribution in [0, 0.1) is 5.41 Å². The van der Waals surface area contributed by atoms with Gasteiger partial charge in [0.2, 0.25) is 0 Å². The maximum absolute atomic E-state index is 12.9. The zero-order valence-corrected chi connectivity index (χ0v) is 18.6. The molecule has 158 valence electrons. The number of ketones is 1. The lowest BCUT2D eigenvalue weighted by Gasteiger charge is -2.32. The monoisotopic (exact) mass is 398 g/mol. The molecule has 0 aromatic heterocycles. The Morgan fingerprint density at radius 3 is 2.24 bits per heavy atom. The molecule has 0 saturated heterocycles. The molecule has 29 heavy (non-hydrogen) atoms. The summed E-state index contributed by atoms with van der Waals surface area (Å²) in [6.45, 7) is 12.0. The number of hydrogen-bond acceptors (Lipinski definition) is 4. The van der Waals surface area contributed by atoms with Gasteiger partial charge in [-0.25, -0.2) is 4.79 Å². The van der Waals surface area contributed by atoms with Crippen molar-refractivity contribution in [3.05, 3.63) is 57.4 Å². The molecule has 1 N–H and O–H groups in total. The van der Waals surface area contributed by atoms with Gasteiger partial charge in [0.05, 0.1) is 5.41 Å². The normalized spacial score (nSPS) is 22.8. The van der Waals surface area contributed by atoms with Crippen LogP contribution in [0.5, 0.6) is 0 Å². The lowest BCUT2D eigenvalue weighted by Crippen LogP contribution is -2.35. The van der Waals surface area contributed by atoms with Gasteiger partial charge in [0, 0.05) is 5.57 Å². The highest BCUT2D eigenvalue weighted by Crippen LogP contribution is 2.45. The molecule has 0 aromatic rings. The van der Waals surface area contributed by atoms with Crippen molar-refractivity contribution in [3.8, 4) is 0 Å².